The van der Waals surface area contributed by atoms with E-state index in [1.54, 1.807) is 0 Å². The lowest BCUT2D eigenvalue weighted by atomic mass is 9.32. The van der Waals surface area contributed by atoms with Crippen LogP contribution in [0.2, 0.25) is 0 Å². The molecule has 0 amide bonds. The number of anilines is 6. The zero-order valence-electron chi connectivity index (χ0n) is 39.5. The van der Waals surface area contributed by atoms with Crippen LogP contribution in [0.1, 0.15) is 0 Å². The quantitative estimate of drug-likeness (QED) is 0.146. The van der Waals surface area contributed by atoms with Crippen LogP contribution < -0.4 is 42.6 Å². The second-order valence-corrected chi connectivity index (χ2v) is 22.4. The van der Waals surface area contributed by atoms with Crippen LogP contribution >= 0.6 is 35.3 Å². The van der Waals surface area contributed by atoms with Gasteiger partial charge >= 0.3 is 0 Å². The normalized spacial score (nSPS) is 13.2. The van der Waals surface area contributed by atoms with Crippen molar-refractivity contribution in [3.8, 4) is 33.4 Å². The van der Waals surface area contributed by atoms with E-state index in [-0.39, 0.29) is 13.4 Å². The van der Waals surface area contributed by atoms with Gasteiger partial charge in [0.15, 0.2) is 0 Å². The molecule has 4 aliphatic rings. The van der Waals surface area contributed by atoms with Gasteiger partial charge in [-0.25, -0.2) is 0 Å². The number of para-hydroxylation sites is 3. The van der Waals surface area contributed by atoms with Gasteiger partial charge in [-0.2, -0.15) is 0 Å². The zero-order valence-corrected chi connectivity index (χ0v) is 42.0. The van der Waals surface area contributed by atoms with Gasteiger partial charge in [0, 0.05) is 68.9 Å². The highest BCUT2D eigenvalue weighted by Crippen LogP contribution is 2.52. The molecule has 0 fully saturated rings. The van der Waals surface area contributed by atoms with Crippen LogP contribution in [0.15, 0.2) is 284 Å². The number of hydrogen-bond acceptors (Lipinski definition) is 5. The predicted molar refractivity (Wildman–Crippen MR) is 313 cm³/mol. The molecule has 0 atom stereocenters. The van der Waals surface area contributed by atoms with Gasteiger partial charge in [0.25, 0.3) is 0 Å². The number of rotatable bonds is 7. The molecule has 0 radical (unpaired) electrons. The molecule has 340 valence electrons. The summed E-state index contributed by atoms with van der Waals surface area (Å²) in [6.07, 6.45) is 0. The van der Waals surface area contributed by atoms with E-state index in [0.29, 0.717) is 0 Å². The molecule has 11 aromatic carbocycles. The molecule has 0 spiro atoms. The van der Waals surface area contributed by atoms with Gasteiger partial charge in [-0.05, 0) is 105 Å². The number of benzene rings is 11. The molecule has 0 unspecified atom stereocenters. The summed E-state index contributed by atoms with van der Waals surface area (Å²) in [6, 6.07) is 95.0. The number of hydrogen-bond donors (Lipinski definition) is 0. The summed E-state index contributed by atoms with van der Waals surface area (Å²) < 4.78 is 0. The van der Waals surface area contributed by atoms with Crippen LogP contribution in [0.4, 0.5) is 34.1 Å². The third-order valence-corrected chi connectivity index (χ3v) is 18.4. The minimum atomic E-state index is -0.0152. The van der Waals surface area contributed by atoms with Crippen molar-refractivity contribution in [2.45, 2.75) is 29.4 Å². The fourth-order valence-corrected chi connectivity index (χ4v) is 15.6. The minimum absolute atomic E-state index is 0.0152. The van der Waals surface area contributed by atoms with Crippen LogP contribution in [-0.4, -0.2) is 13.4 Å². The van der Waals surface area contributed by atoms with E-state index in [2.05, 4.69) is 265 Å². The van der Waals surface area contributed by atoms with E-state index in [1.807, 2.05) is 35.3 Å². The van der Waals surface area contributed by atoms with Gasteiger partial charge in [-0.15, -0.1) is 0 Å². The molecule has 73 heavy (non-hydrogen) atoms. The highest BCUT2D eigenvalue weighted by Gasteiger charge is 2.46. The maximum Gasteiger partial charge on any atom is 0.249 e. The van der Waals surface area contributed by atoms with E-state index in [4.69, 9.17) is 0 Å². The van der Waals surface area contributed by atoms with Crippen LogP contribution in [0, 0.1) is 0 Å². The van der Waals surface area contributed by atoms with E-state index in [1.165, 1.54) is 113 Å². The van der Waals surface area contributed by atoms with Gasteiger partial charge in [0.1, 0.15) is 0 Å². The SMILES string of the molecule is c1ccc(-c2cc3c4c(c2)Sc2cc5c(cc2B4c2ccccc2S3)B2c3ccccc3Sc3cc(N(c4ccccc4)c4ccccc4)cc(c32)N5c2c(-c3ccccc3)cccc2-c2ccccc2)cc1. The summed E-state index contributed by atoms with van der Waals surface area (Å²) in [5, 5.41) is 0. The standard InChI is InChI=1S/C66H42B2N2S3/c1-6-21-43(22-7-1)46-37-61-65-62(38-46)73-60-42-56-54(41-55(60)68(65)53-34-17-19-36-59(53)71-61)67-52-33-16-18-35-58(52)72-63-40-49(69(47-27-12-4-13-28-47)48-29-14-5-15-30-48)39-57(64(63)67)70(56)66-50(44-23-8-2-9-24-44)31-20-32-51(66)45-25-10-3-11-26-45/h1-42H. The summed E-state index contributed by atoms with van der Waals surface area (Å²) in [7, 11) is 0. The molecule has 0 aliphatic carbocycles. The molecule has 0 N–H and O–H groups in total. The summed E-state index contributed by atoms with van der Waals surface area (Å²) in [5.41, 5.74) is 22.4. The molecule has 2 nitrogen and oxygen atoms in total. The first-order valence-corrected chi connectivity index (χ1v) is 27.4. The topological polar surface area (TPSA) is 6.48 Å². The van der Waals surface area contributed by atoms with E-state index in [9.17, 15) is 0 Å². The lowest BCUT2D eigenvalue weighted by Gasteiger charge is -2.43. The third-order valence-electron chi connectivity index (χ3n) is 15.0. The van der Waals surface area contributed by atoms with Crippen molar-refractivity contribution in [2.24, 2.45) is 0 Å². The maximum absolute atomic E-state index is 2.67. The Labute approximate surface area is 440 Å². The van der Waals surface area contributed by atoms with Crippen LogP contribution in [0.3, 0.4) is 0 Å². The van der Waals surface area contributed by atoms with Crippen molar-refractivity contribution >= 4 is 116 Å². The first kappa shape index (κ1) is 42.8. The van der Waals surface area contributed by atoms with E-state index < -0.39 is 0 Å². The monoisotopic (exact) mass is 980 g/mol. The highest BCUT2D eigenvalue weighted by molar-refractivity contribution is 8.01. The highest BCUT2D eigenvalue weighted by atomic mass is 32.2. The molecule has 11 aromatic rings. The molecule has 7 heteroatoms. The van der Waals surface area contributed by atoms with E-state index >= 15 is 0 Å². The van der Waals surface area contributed by atoms with Crippen LogP contribution in [-0.2, 0) is 0 Å². The Balaban J connectivity index is 1.06. The van der Waals surface area contributed by atoms with Crippen molar-refractivity contribution in [3.05, 3.63) is 255 Å². The first-order chi connectivity index (χ1) is 36.2. The van der Waals surface area contributed by atoms with Crippen molar-refractivity contribution in [1.82, 2.24) is 0 Å². The molecular formula is C66H42B2N2S3. The van der Waals surface area contributed by atoms with Gasteiger partial charge in [-0.3, -0.25) is 0 Å². The van der Waals surface area contributed by atoms with Crippen molar-refractivity contribution in [2.75, 3.05) is 9.80 Å². The van der Waals surface area contributed by atoms with Crippen molar-refractivity contribution in [1.29, 1.82) is 0 Å². The molecule has 0 bridgehead atoms. The summed E-state index contributed by atoms with van der Waals surface area (Å²) in [6.45, 7) is 0.0686. The third kappa shape index (κ3) is 7.01. The van der Waals surface area contributed by atoms with Crippen molar-refractivity contribution in [3.63, 3.8) is 0 Å². The lowest BCUT2D eigenvalue weighted by Crippen LogP contribution is -2.63. The first-order valence-electron chi connectivity index (χ1n) is 25.0. The average molecular weight is 981 g/mol. The molecule has 4 aliphatic heterocycles. The fourth-order valence-electron chi connectivity index (χ4n) is 11.9. The summed E-state index contributed by atoms with van der Waals surface area (Å²) in [5.74, 6) is 0. The van der Waals surface area contributed by atoms with Gasteiger partial charge in [-0.1, -0.05) is 240 Å². The van der Waals surface area contributed by atoms with Crippen LogP contribution in [0.25, 0.3) is 33.4 Å². The van der Waals surface area contributed by atoms with Gasteiger partial charge in [0.05, 0.1) is 5.69 Å². The lowest BCUT2D eigenvalue weighted by molar-refractivity contribution is 1.22. The maximum atomic E-state index is 2.67. The molecule has 0 saturated heterocycles. The smallest absolute Gasteiger partial charge is 0.249 e. The second-order valence-electron chi connectivity index (χ2n) is 19.1. The fraction of sp³-hybridized carbons (Fsp3) is 0. The summed E-state index contributed by atoms with van der Waals surface area (Å²) >= 11 is 5.79. The molecule has 0 aromatic heterocycles. The average Bonchev–Trinajstić information content (AvgIpc) is 3.48. The predicted octanol–water partition coefficient (Wildman–Crippen LogP) is 14.4. The number of fused-ring (bicyclic) bond motifs is 8. The van der Waals surface area contributed by atoms with E-state index in [0.717, 1.165) is 17.1 Å². The Hall–Kier alpha value is -7.80. The van der Waals surface area contributed by atoms with Crippen molar-refractivity contribution < 1.29 is 0 Å². The largest absolute Gasteiger partial charge is 0.310 e. The Morgan fingerprint density at radius 1 is 0.288 bits per heavy atom. The van der Waals surface area contributed by atoms with Crippen LogP contribution in [0.5, 0.6) is 0 Å². The molecular weight excluding hydrogens is 939 g/mol. The molecule has 0 saturated carbocycles. The minimum Gasteiger partial charge on any atom is -0.310 e. The second kappa shape index (κ2) is 17.5. The Morgan fingerprint density at radius 3 is 1.32 bits per heavy atom. The Kier molecular flexibility index (Phi) is 10.2. The summed E-state index contributed by atoms with van der Waals surface area (Å²) in [4.78, 5) is 13.0. The van der Waals surface area contributed by atoms with Gasteiger partial charge in [0.2, 0.25) is 13.4 Å². The zero-order chi connectivity index (χ0) is 48.0. The Bertz CT molecular complexity index is 3870. The molecule has 15 rings (SSSR count). The Morgan fingerprint density at radius 2 is 0.753 bits per heavy atom. The molecule has 4 heterocycles. The van der Waals surface area contributed by atoms with Gasteiger partial charge < -0.3 is 9.80 Å². The number of nitrogens with zero attached hydrogens (tertiary/aromatic N) is 2.